The van der Waals surface area contributed by atoms with Gasteiger partial charge in [-0.1, -0.05) is 77.8 Å². The summed E-state index contributed by atoms with van der Waals surface area (Å²) in [7, 11) is 0. The quantitative estimate of drug-likeness (QED) is 0.224. The summed E-state index contributed by atoms with van der Waals surface area (Å²) in [6.45, 7) is 6.66. The van der Waals surface area contributed by atoms with Crippen LogP contribution in [0.3, 0.4) is 0 Å². The molecular weight excluding hydrogens is 537 g/mol. The molecule has 0 unspecified atom stereocenters. The number of carbonyl (C=O) groups excluding carboxylic acids is 1. The number of ether oxygens (including phenoxy) is 1. The summed E-state index contributed by atoms with van der Waals surface area (Å²) in [5.41, 5.74) is 3.17. The molecule has 1 N–H and O–H groups in total. The lowest BCUT2D eigenvalue weighted by molar-refractivity contribution is 0.0524. The van der Waals surface area contributed by atoms with Crippen LogP contribution in [-0.4, -0.2) is 67.8 Å². The van der Waals surface area contributed by atoms with E-state index in [-0.39, 0.29) is 6.61 Å². The average Bonchev–Trinajstić information content (AvgIpc) is 3.35. The predicted molar refractivity (Wildman–Crippen MR) is 158 cm³/mol. The van der Waals surface area contributed by atoms with Gasteiger partial charge in [0.05, 0.1) is 22.5 Å². The molecule has 0 amide bonds. The Bertz CT molecular complexity index is 1370. The largest absolute Gasteiger partial charge is 0.462 e. The lowest BCUT2D eigenvalue weighted by atomic mass is 10.2. The Hall–Kier alpha value is -3.12. The van der Waals surface area contributed by atoms with Crippen molar-refractivity contribution in [2.45, 2.75) is 19.2 Å². The first-order valence-corrected chi connectivity index (χ1v) is 14.6. The molecule has 1 saturated heterocycles. The number of benzene rings is 2. The first kappa shape index (κ1) is 26.5. The number of anilines is 2. The lowest BCUT2D eigenvalue weighted by Crippen LogP contribution is -2.47. The number of hydrogen-bond donors (Lipinski definition) is 1. The number of para-hydroxylation sites is 1. The van der Waals surface area contributed by atoms with E-state index in [1.165, 1.54) is 34.9 Å². The Kier molecular flexibility index (Phi) is 8.79. The van der Waals surface area contributed by atoms with E-state index >= 15 is 0 Å². The van der Waals surface area contributed by atoms with Gasteiger partial charge in [-0.3, -0.25) is 4.90 Å². The van der Waals surface area contributed by atoms with Gasteiger partial charge in [0.15, 0.2) is 5.13 Å². The Morgan fingerprint density at radius 2 is 1.84 bits per heavy atom. The van der Waals surface area contributed by atoms with Crippen molar-refractivity contribution in [2.24, 2.45) is 0 Å². The topological polar surface area (TPSA) is 83.5 Å². The standard InChI is InChI=1S/C27H28N6O2S3/c1-2-35-24(34)20-16-28-25(31-26-30-21-10-6-7-11-23(21)38-26)29-22(20)18-37-27(36)33-14-12-32(13-15-33)17-19-8-4-3-5-9-19/h3-11,16H,2,12-15,17-18H2,1H3,(H,28,29,30,31). The van der Waals surface area contributed by atoms with Gasteiger partial charge in [0, 0.05) is 44.7 Å². The molecule has 3 heterocycles. The van der Waals surface area contributed by atoms with Crippen molar-refractivity contribution in [1.29, 1.82) is 0 Å². The van der Waals surface area contributed by atoms with Crippen LogP contribution in [0.1, 0.15) is 28.5 Å². The zero-order valence-corrected chi connectivity index (χ0v) is 23.5. The van der Waals surface area contributed by atoms with Gasteiger partial charge in [0.1, 0.15) is 9.88 Å². The number of hydrogen-bond acceptors (Lipinski definition) is 10. The second kappa shape index (κ2) is 12.6. The minimum Gasteiger partial charge on any atom is -0.462 e. The maximum Gasteiger partial charge on any atom is 0.341 e. The molecule has 0 aliphatic carbocycles. The third kappa shape index (κ3) is 6.65. The second-order valence-corrected chi connectivity index (χ2v) is 11.3. The Balaban J connectivity index is 1.22. The molecule has 0 bridgehead atoms. The van der Waals surface area contributed by atoms with Crippen LogP contribution >= 0.6 is 35.3 Å². The van der Waals surface area contributed by atoms with Crippen molar-refractivity contribution < 1.29 is 9.53 Å². The van der Waals surface area contributed by atoms with Gasteiger partial charge in [0.2, 0.25) is 5.95 Å². The molecule has 38 heavy (non-hydrogen) atoms. The monoisotopic (exact) mass is 564 g/mol. The third-order valence-electron chi connectivity index (χ3n) is 6.09. The van der Waals surface area contributed by atoms with Crippen LogP contribution in [0.5, 0.6) is 0 Å². The zero-order valence-electron chi connectivity index (χ0n) is 21.0. The van der Waals surface area contributed by atoms with Gasteiger partial charge in [-0.05, 0) is 24.6 Å². The van der Waals surface area contributed by atoms with Gasteiger partial charge in [-0.2, -0.15) is 0 Å². The summed E-state index contributed by atoms with van der Waals surface area (Å²) < 4.78 is 7.12. The number of rotatable bonds is 8. The number of carbonyl (C=O) groups is 1. The fourth-order valence-electron chi connectivity index (χ4n) is 4.14. The Labute approximate surface area is 235 Å². The number of piperazine rings is 1. The van der Waals surface area contributed by atoms with Crippen molar-refractivity contribution in [3.63, 3.8) is 0 Å². The number of thioether (sulfide) groups is 1. The van der Waals surface area contributed by atoms with E-state index in [1.54, 1.807) is 6.92 Å². The van der Waals surface area contributed by atoms with Crippen molar-refractivity contribution in [1.82, 2.24) is 24.8 Å². The number of fused-ring (bicyclic) bond motifs is 1. The van der Waals surface area contributed by atoms with Crippen LogP contribution in [0.25, 0.3) is 10.2 Å². The molecule has 196 valence electrons. The van der Waals surface area contributed by atoms with Gasteiger partial charge in [0.25, 0.3) is 0 Å². The van der Waals surface area contributed by atoms with Gasteiger partial charge >= 0.3 is 5.97 Å². The second-order valence-electron chi connectivity index (χ2n) is 8.69. The fraction of sp³-hybridized carbons (Fsp3) is 0.296. The molecule has 8 nitrogen and oxygen atoms in total. The first-order chi connectivity index (χ1) is 18.6. The molecule has 2 aromatic carbocycles. The molecular formula is C27H28N6O2S3. The number of aromatic nitrogens is 3. The van der Waals surface area contributed by atoms with Crippen molar-refractivity contribution in [3.8, 4) is 0 Å². The molecule has 0 radical (unpaired) electrons. The number of thiazole rings is 1. The molecule has 1 aliphatic rings. The first-order valence-electron chi connectivity index (χ1n) is 12.4. The van der Waals surface area contributed by atoms with Crippen LogP contribution in [0.4, 0.5) is 11.1 Å². The van der Waals surface area contributed by atoms with Gasteiger partial charge in [-0.15, -0.1) is 0 Å². The number of nitrogens with one attached hydrogen (secondary N) is 1. The normalized spacial score (nSPS) is 14.0. The van der Waals surface area contributed by atoms with Crippen molar-refractivity contribution >= 4 is 66.9 Å². The molecule has 1 fully saturated rings. The van der Waals surface area contributed by atoms with Crippen LogP contribution in [0.2, 0.25) is 0 Å². The van der Waals surface area contributed by atoms with E-state index < -0.39 is 5.97 Å². The molecule has 11 heteroatoms. The summed E-state index contributed by atoms with van der Waals surface area (Å²) in [4.78, 5) is 30.9. The molecule has 2 aromatic heterocycles. The predicted octanol–water partition coefficient (Wildman–Crippen LogP) is 5.34. The highest BCUT2D eigenvalue weighted by Crippen LogP contribution is 2.28. The number of esters is 1. The molecule has 0 saturated carbocycles. The van der Waals surface area contributed by atoms with Crippen LogP contribution in [-0.2, 0) is 17.0 Å². The Morgan fingerprint density at radius 1 is 1.08 bits per heavy atom. The minimum absolute atomic E-state index is 0.281. The summed E-state index contributed by atoms with van der Waals surface area (Å²) >= 11 is 8.80. The summed E-state index contributed by atoms with van der Waals surface area (Å²) in [6.07, 6.45) is 1.52. The fourth-order valence-corrected chi connectivity index (χ4v) is 6.20. The van der Waals surface area contributed by atoms with Crippen LogP contribution in [0, 0.1) is 0 Å². The van der Waals surface area contributed by atoms with Crippen LogP contribution in [0.15, 0.2) is 60.8 Å². The number of thiocarbonyl (C=S) groups is 1. The molecule has 5 rings (SSSR count). The number of nitrogens with zero attached hydrogens (tertiary/aromatic N) is 5. The third-order valence-corrected chi connectivity index (χ3v) is 8.57. The van der Waals surface area contributed by atoms with E-state index in [4.69, 9.17) is 17.0 Å². The van der Waals surface area contributed by atoms with E-state index in [9.17, 15) is 4.79 Å². The van der Waals surface area contributed by atoms with Crippen molar-refractivity contribution in [2.75, 3.05) is 38.1 Å². The maximum absolute atomic E-state index is 12.6. The minimum atomic E-state index is -0.435. The molecule has 4 aromatic rings. The Morgan fingerprint density at radius 3 is 2.61 bits per heavy atom. The van der Waals surface area contributed by atoms with E-state index in [0.29, 0.717) is 28.1 Å². The van der Waals surface area contributed by atoms with E-state index in [0.717, 1.165) is 47.3 Å². The van der Waals surface area contributed by atoms with E-state index in [1.807, 2.05) is 30.3 Å². The summed E-state index contributed by atoms with van der Waals surface area (Å²) in [5.74, 6) is 0.386. The van der Waals surface area contributed by atoms with Gasteiger partial charge in [-0.25, -0.2) is 19.7 Å². The highest BCUT2D eigenvalue weighted by molar-refractivity contribution is 8.22. The maximum atomic E-state index is 12.6. The van der Waals surface area contributed by atoms with Gasteiger partial charge < -0.3 is 15.0 Å². The van der Waals surface area contributed by atoms with Crippen LogP contribution < -0.4 is 5.32 Å². The van der Waals surface area contributed by atoms with Crippen molar-refractivity contribution in [3.05, 3.63) is 77.6 Å². The lowest BCUT2D eigenvalue weighted by Gasteiger charge is -2.35. The van der Waals surface area contributed by atoms with E-state index in [2.05, 4.69) is 54.3 Å². The highest BCUT2D eigenvalue weighted by Gasteiger charge is 2.22. The zero-order chi connectivity index (χ0) is 26.3. The highest BCUT2D eigenvalue weighted by atomic mass is 32.2. The smallest absolute Gasteiger partial charge is 0.341 e. The SMILES string of the molecule is CCOC(=O)c1cnc(Nc2nc3ccccc3s2)nc1CSC(=S)N1CCN(Cc2ccccc2)CC1. The summed E-state index contributed by atoms with van der Waals surface area (Å²) in [6, 6.07) is 18.4. The molecule has 1 aliphatic heterocycles. The molecule has 0 spiro atoms. The summed E-state index contributed by atoms with van der Waals surface area (Å²) in [5, 5.41) is 3.87. The molecule has 0 atom stereocenters. The average molecular weight is 565 g/mol.